The van der Waals surface area contributed by atoms with Gasteiger partial charge in [0, 0.05) is 12.4 Å². The van der Waals surface area contributed by atoms with Gasteiger partial charge in [-0.2, -0.15) is 0 Å². The third-order valence-electron chi connectivity index (χ3n) is 2.40. The predicted octanol–water partition coefficient (Wildman–Crippen LogP) is 3.65. The highest BCUT2D eigenvalue weighted by Crippen LogP contribution is 2.30. The molecule has 5 heteroatoms. The highest BCUT2D eigenvalue weighted by molar-refractivity contribution is 5.53. The molecule has 17 heavy (non-hydrogen) atoms. The van der Waals surface area contributed by atoms with Gasteiger partial charge in [-0.1, -0.05) is 19.9 Å². The van der Waals surface area contributed by atoms with Gasteiger partial charge in [-0.05, 0) is 23.6 Å². The van der Waals surface area contributed by atoms with E-state index >= 15 is 0 Å². The Morgan fingerprint density at radius 2 is 2.12 bits per heavy atom. The van der Waals surface area contributed by atoms with Crippen LogP contribution in [-0.4, -0.2) is 15.1 Å². The minimum atomic E-state index is 0.115. The first-order valence-electron chi connectivity index (χ1n) is 5.41. The van der Waals surface area contributed by atoms with Crippen LogP contribution in [0.2, 0.25) is 0 Å². The zero-order chi connectivity index (χ0) is 12.3. The van der Waals surface area contributed by atoms with Gasteiger partial charge in [0.2, 0.25) is 5.95 Å². The van der Waals surface area contributed by atoms with Crippen LogP contribution in [0.5, 0.6) is 5.75 Å². The van der Waals surface area contributed by atoms with E-state index in [1.165, 1.54) is 0 Å². The maximum atomic E-state index is 9.66. The summed E-state index contributed by atoms with van der Waals surface area (Å²) in [6.07, 6.45) is 3.26. The number of aromatic nitrogens is 2. The number of phenolic OH excluding ortho intramolecular Hbond substituents is 1. The SMILES string of the molecule is CC(C)c1ccc(O)c(N=Nc2ncc[nH]2)c1. The number of nitrogens with zero attached hydrogens (tertiary/aromatic N) is 3. The van der Waals surface area contributed by atoms with Crippen LogP contribution >= 0.6 is 0 Å². The lowest BCUT2D eigenvalue weighted by Gasteiger charge is -2.06. The van der Waals surface area contributed by atoms with E-state index in [0.29, 0.717) is 17.6 Å². The quantitative estimate of drug-likeness (QED) is 0.790. The molecular formula is C12H14N4O. The van der Waals surface area contributed by atoms with Crippen LogP contribution in [0.3, 0.4) is 0 Å². The van der Waals surface area contributed by atoms with Crippen molar-refractivity contribution in [3.05, 3.63) is 36.2 Å². The summed E-state index contributed by atoms with van der Waals surface area (Å²) < 4.78 is 0. The summed E-state index contributed by atoms with van der Waals surface area (Å²) >= 11 is 0. The van der Waals surface area contributed by atoms with Gasteiger partial charge in [0.15, 0.2) is 0 Å². The summed E-state index contributed by atoms with van der Waals surface area (Å²) in [6.45, 7) is 4.17. The van der Waals surface area contributed by atoms with Crippen molar-refractivity contribution in [3.8, 4) is 5.75 Å². The molecule has 0 saturated heterocycles. The Kier molecular flexibility index (Phi) is 3.18. The summed E-state index contributed by atoms with van der Waals surface area (Å²) in [6, 6.07) is 5.34. The first-order chi connectivity index (χ1) is 8.16. The molecule has 0 atom stereocenters. The van der Waals surface area contributed by atoms with Gasteiger partial charge < -0.3 is 10.1 Å². The second-order valence-electron chi connectivity index (χ2n) is 4.02. The number of rotatable bonds is 3. The van der Waals surface area contributed by atoms with Gasteiger partial charge in [0.1, 0.15) is 11.4 Å². The molecule has 0 aliphatic rings. The van der Waals surface area contributed by atoms with Crippen LogP contribution in [0.1, 0.15) is 25.3 Å². The van der Waals surface area contributed by atoms with E-state index in [2.05, 4.69) is 34.0 Å². The molecule has 0 bridgehead atoms. The Morgan fingerprint density at radius 3 is 2.76 bits per heavy atom. The zero-order valence-electron chi connectivity index (χ0n) is 9.75. The lowest BCUT2D eigenvalue weighted by atomic mass is 10.0. The van der Waals surface area contributed by atoms with Crippen LogP contribution in [-0.2, 0) is 0 Å². The molecule has 1 heterocycles. The van der Waals surface area contributed by atoms with Gasteiger partial charge in [-0.15, -0.1) is 10.2 Å². The second-order valence-corrected chi connectivity index (χ2v) is 4.02. The molecule has 0 spiro atoms. The van der Waals surface area contributed by atoms with Crippen molar-refractivity contribution in [1.82, 2.24) is 9.97 Å². The fourth-order valence-corrected chi connectivity index (χ4v) is 1.39. The highest BCUT2D eigenvalue weighted by atomic mass is 16.3. The van der Waals surface area contributed by atoms with Crippen LogP contribution in [0.4, 0.5) is 11.6 Å². The summed E-state index contributed by atoms with van der Waals surface area (Å²) in [7, 11) is 0. The molecule has 0 aliphatic heterocycles. The lowest BCUT2D eigenvalue weighted by Crippen LogP contribution is -1.85. The summed E-state index contributed by atoms with van der Waals surface area (Å²) in [5.74, 6) is 0.914. The number of aromatic amines is 1. The van der Waals surface area contributed by atoms with Crippen molar-refractivity contribution in [2.45, 2.75) is 19.8 Å². The van der Waals surface area contributed by atoms with Gasteiger partial charge in [-0.3, -0.25) is 0 Å². The number of benzene rings is 1. The van der Waals surface area contributed by atoms with Crippen LogP contribution in [0.15, 0.2) is 40.8 Å². The average Bonchev–Trinajstić information content (AvgIpc) is 2.80. The van der Waals surface area contributed by atoms with Crippen molar-refractivity contribution in [2.75, 3.05) is 0 Å². The Labute approximate surface area is 99.3 Å². The van der Waals surface area contributed by atoms with Gasteiger partial charge >= 0.3 is 0 Å². The molecule has 2 aromatic rings. The van der Waals surface area contributed by atoms with Gasteiger partial charge in [0.25, 0.3) is 0 Å². The standard InChI is InChI=1S/C12H14N4O/c1-8(2)9-3-4-11(17)10(7-9)15-16-12-13-5-6-14-12/h3-8,17H,1-2H3,(H,13,14). The molecule has 2 N–H and O–H groups in total. The molecule has 0 fully saturated rings. The first kappa shape index (κ1) is 11.3. The Morgan fingerprint density at radius 1 is 1.29 bits per heavy atom. The van der Waals surface area contributed by atoms with Crippen LogP contribution in [0, 0.1) is 0 Å². The number of hydrogen-bond donors (Lipinski definition) is 2. The number of imidazole rings is 1. The first-order valence-corrected chi connectivity index (χ1v) is 5.41. The van der Waals surface area contributed by atoms with Crippen molar-refractivity contribution in [1.29, 1.82) is 0 Å². The van der Waals surface area contributed by atoms with Gasteiger partial charge in [-0.25, -0.2) is 4.98 Å². The molecule has 0 amide bonds. The van der Waals surface area contributed by atoms with E-state index in [9.17, 15) is 5.11 Å². The topological polar surface area (TPSA) is 73.6 Å². The molecule has 0 saturated carbocycles. The fourth-order valence-electron chi connectivity index (χ4n) is 1.39. The number of azo groups is 1. The van der Waals surface area contributed by atoms with E-state index in [1.807, 2.05) is 12.1 Å². The Balaban J connectivity index is 2.28. The Bertz CT molecular complexity index is 517. The van der Waals surface area contributed by atoms with E-state index in [1.54, 1.807) is 18.5 Å². The van der Waals surface area contributed by atoms with Crippen molar-refractivity contribution < 1.29 is 5.11 Å². The number of phenols is 1. The second kappa shape index (κ2) is 4.78. The predicted molar refractivity (Wildman–Crippen MR) is 65.0 cm³/mol. The van der Waals surface area contributed by atoms with E-state index in [4.69, 9.17) is 0 Å². The lowest BCUT2D eigenvalue weighted by molar-refractivity contribution is 0.476. The molecule has 5 nitrogen and oxygen atoms in total. The minimum absolute atomic E-state index is 0.115. The average molecular weight is 230 g/mol. The third-order valence-corrected chi connectivity index (χ3v) is 2.40. The van der Waals surface area contributed by atoms with Crippen molar-refractivity contribution in [2.24, 2.45) is 10.2 Å². The third kappa shape index (κ3) is 2.69. The van der Waals surface area contributed by atoms with Crippen molar-refractivity contribution >= 4 is 11.6 Å². The summed E-state index contributed by atoms with van der Waals surface area (Å²) in [4.78, 5) is 6.73. The zero-order valence-corrected chi connectivity index (χ0v) is 9.75. The molecular weight excluding hydrogens is 216 g/mol. The Hall–Kier alpha value is -2.17. The van der Waals surface area contributed by atoms with E-state index in [0.717, 1.165) is 5.56 Å². The normalized spacial score (nSPS) is 11.5. The molecule has 2 rings (SSSR count). The number of aromatic hydroxyl groups is 1. The van der Waals surface area contributed by atoms with Gasteiger partial charge in [0.05, 0.1) is 0 Å². The smallest absolute Gasteiger partial charge is 0.246 e. The van der Waals surface area contributed by atoms with Crippen LogP contribution in [0.25, 0.3) is 0 Å². The molecule has 0 unspecified atom stereocenters. The summed E-state index contributed by atoms with van der Waals surface area (Å²) in [5.41, 5.74) is 1.56. The number of nitrogens with one attached hydrogen (secondary N) is 1. The largest absolute Gasteiger partial charge is 0.506 e. The summed E-state index contributed by atoms with van der Waals surface area (Å²) in [5, 5.41) is 17.5. The number of hydrogen-bond acceptors (Lipinski definition) is 4. The highest BCUT2D eigenvalue weighted by Gasteiger charge is 2.05. The molecule has 0 aliphatic carbocycles. The molecule has 1 aromatic carbocycles. The van der Waals surface area contributed by atoms with Crippen molar-refractivity contribution in [3.63, 3.8) is 0 Å². The molecule has 88 valence electrons. The van der Waals surface area contributed by atoms with E-state index < -0.39 is 0 Å². The van der Waals surface area contributed by atoms with E-state index in [-0.39, 0.29) is 5.75 Å². The fraction of sp³-hybridized carbons (Fsp3) is 0.250. The van der Waals surface area contributed by atoms with Crippen LogP contribution < -0.4 is 0 Å². The minimum Gasteiger partial charge on any atom is -0.506 e. The molecule has 0 radical (unpaired) electrons. The number of H-pyrrole nitrogens is 1. The molecule has 1 aromatic heterocycles. The maximum Gasteiger partial charge on any atom is 0.246 e. The monoisotopic (exact) mass is 230 g/mol. The maximum absolute atomic E-state index is 9.66.